The minimum atomic E-state index is -0.725. The summed E-state index contributed by atoms with van der Waals surface area (Å²) in [6.45, 7) is 10.0. The molecule has 1 aliphatic rings. The van der Waals surface area contributed by atoms with Gasteiger partial charge in [0, 0.05) is 18.5 Å². The van der Waals surface area contributed by atoms with Crippen molar-refractivity contribution >= 4 is 5.97 Å². The van der Waals surface area contributed by atoms with Gasteiger partial charge < -0.3 is 9.63 Å². The molecule has 2 rings (SSSR count). The molecule has 106 valence electrons. The van der Waals surface area contributed by atoms with E-state index in [1.165, 1.54) is 0 Å². The Bertz CT molecular complexity index is 458. The second-order valence-corrected chi connectivity index (χ2v) is 6.34. The minimum absolute atomic E-state index is 0.114. The molecule has 0 bridgehead atoms. The summed E-state index contributed by atoms with van der Waals surface area (Å²) in [5, 5.41) is 12.9. The van der Waals surface area contributed by atoms with Crippen LogP contribution in [0.1, 0.15) is 39.4 Å². The van der Waals surface area contributed by atoms with E-state index in [2.05, 4.69) is 15.0 Å². The molecular formula is C13H21N3O3. The molecule has 0 aliphatic carbocycles. The van der Waals surface area contributed by atoms with E-state index in [9.17, 15) is 4.79 Å². The maximum atomic E-state index is 10.9. The van der Waals surface area contributed by atoms with Crippen molar-refractivity contribution in [1.29, 1.82) is 0 Å². The SMILES string of the molecule is CC(C(=O)O)C1CN(Cc2nc(C(C)(C)C)no2)C1. The highest BCUT2D eigenvalue weighted by molar-refractivity contribution is 5.70. The lowest BCUT2D eigenvalue weighted by Gasteiger charge is -2.40. The lowest BCUT2D eigenvalue weighted by molar-refractivity contribution is -0.145. The van der Waals surface area contributed by atoms with Gasteiger partial charge in [0.1, 0.15) is 0 Å². The molecule has 6 heteroatoms. The number of rotatable bonds is 4. The second-order valence-electron chi connectivity index (χ2n) is 6.34. The van der Waals surface area contributed by atoms with Gasteiger partial charge in [-0.25, -0.2) is 0 Å². The van der Waals surface area contributed by atoms with E-state index in [1.807, 2.05) is 20.8 Å². The normalized spacial score (nSPS) is 19.2. The molecule has 0 aromatic carbocycles. The first-order chi connectivity index (χ1) is 8.77. The molecule has 0 saturated carbocycles. The molecule has 1 aromatic heterocycles. The molecule has 1 unspecified atom stereocenters. The number of carboxylic acid groups (broad SMARTS) is 1. The summed E-state index contributed by atoms with van der Waals surface area (Å²) in [5.74, 6) is 0.522. The predicted octanol–water partition coefficient (Wildman–Crippen LogP) is 1.52. The smallest absolute Gasteiger partial charge is 0.306 e. The van der Waals surface area contributed by atoms with Crippen molar-refractivity contribution < 1.29 is 14.4 Å². The second kappa shape index (κ2) is 4.92. The summed E-state index contributed by atoms with van der Waals surface area (Å²) < 4.78 is 5.22. The van der Waals surface area contributed by atoms with E-state index in [4.69, 9.17) is 9.63 Å². The summed E-state index contributed by atoms with van der Waals surface area (Å²) in [5.41, 5.74) is -0.114. The summed E-state index contributed by atoms with van der Waals surface area (Å²) in [7, 11) is 0. The Morgan fingerprint density at radius 3 is 2.63 bits per heavy atom. The van der Waals surface area contributed by atoms with Gasteiger partial charge in [0.2, 0.25) is 5.89 Å². The van der Waals surface area contributed by atoms with Crippen molar-refractivity contribution in [2.24, 2.45) is 11.8 Å². The number of hydrogen-bond acceptors (Lipinski definition) is 5. The van der Waals surface area contributed by atoms with E-state index < -0.39 is 5.97 Å². The maximum Gasteiger partial charge on any atom is 0.306 e. The highest BCUT2D eigenvalue weighted by Crippen LogP contribution is 2.26. The highest BCUT2D eigenvalue weighted by Gasteiger charge is 2.35. The number of carboxylic acids is 1. The molecule has 1 fully saturated rings. The molecule has 0 amide bonds. The monoisotopic (exact) mass is 267 g/mol. The van der Waals surface area contributed by atoms with Crippen molar-refractivity contribution in [1.82, 2.24) is 15.0 Å². The van der Waals surface area contributed by atoms with Crippen molar-refractivity contribution in [3.8, 4) is 0 Å². The average molecular weight is 267 g/mol. The van der Waals surface area contributed by atoms with Crippen LogP contribution in [0.3, 0.4) is 0 Å². The van der Waals surface area contributed by atoms with Gasteiger partial charge in [-0.3, -0.25) is 9.69 Å². The molecule has 1 aromatic rings. The number of likely N-dealkylation sites (tertiary alicyclic amines) is 1. The zero-order valence-corrected chi connectivity index (χ0v) is 11.9. The minimum Gasteiger partial charge on any atom is -0.481 e. The Kier molecular flexibility index (Phi) is 3.62. The third-order valence-corrected chi connectivity index (χ3v) is 3.58. The first-order valence-corrected chi connectivity index (χ1v) is 6.55. The van der Waals surface area contributed by atoms with Crippen LogP contribution >= 0.6 is 0 Å². The molecule has 1 saturated heterocycles. The molecule has 19 heavy (non-hydrogen) atoms. The predicted molar refractivity (Wildman–Crippen MR) is 68.6 cm³/mol. The van der Waals surface area contributed by atoms with Gasteiger partial charge in [-0.2, -0.15) is 4.98 Å². The van der Waals surface area contributed by atoms with Gasteiger partial charge in [0.25, 0.3) is 0 Å². The maximum absolute atomic E-state index is 10.9. The Morgan fingerprint density at radius 2 is 2.16 bits per heavy atom. The molecule has 0 radical (unpaired) electrons. The average Bonchev–Trinajstić information content (AvgIpc) is 2.69. The van der Waals surface area contributed by atoms with E-state index in [0.29, 0.717) is 18.3 Å². The van der Waals surface area contributed by atoms with Gasteiger partial charge in [-0.1, -0.05) is 32.9 Å². The number of aliphatic carboxylic acids is 1. The van der Waals surface area contributed by atoms with Crippen LogP contribution in [0.2, 0.25) is 0 Å². The largest absolute Gasteiger partial charge is 0.481 e. The van der Waals surface area contributed by atoms with Crippen LogP contribution in [0.5, 0.6) is 0 Å². The molecular weight excluding hydrogens is 246 g/mol. The van der Waals surface area contributed by atoms with E-state index in [1.54, 1.807) is 6.92 Å². The van der Waals surface area contributed by atoms with Crippen LogP contribution in [0, 0.1) is 11.8 Å². The molecule has 1 atom stereocenters. The van der Waals surface area contributed by atoms with Crippen LogP contribution in [-0.2, 0) is 16.8 Å². The summed E-state index contributed by atoms with van der Waals surface area (Å²) >= 11 is 0. The molecule has 1 aliphatic heterocycles. The van der Waals surface area contributed by atoms with Crippen molar-refractivity contribution in [2.45, 2.75) is 39.7 Å². The molecule has 0 spiro atoms. The zero-order valence-electron chi connectivity index (χ0n) is 11.9. The number of hydrogen-bond donors (Lipinski definition) is 1. The fourth-order valence-corrected chi connectivity index (χ4v) is 2.07. The number of carbonyl (C=O) groups is 1. The Labute approximate surface area is 112 Å². The molecule has 6 nitrogen and oxygen atoms in total. The lowest BCUT2D eigenvalue weighted by Crippen LogP contribution is -2.50. The van der Waals surface area contributed by atoms with Crippen molar-refractivity contribution in [3.05, 3.63) is 11.7 Å². The van der Waals surface area contributed by atoms with Gasteiger partial charge in [0.15, 0.2) is 5.82 Å². The first kappa shape index (κ1) is 14.0. The third-order valence-electron chi connectivity index (χ3n) is 3.58. The van der Waals surface area contributed by atoms with Crippen molar-refractivity contribution in [2.75, 3.05) is 13.1 Å². The quantitative estimate of drug-likeness (QED) is 0.891. The van der Waals surface area contributed by atoms with Crippen LogP contribution in [-0.4, -0.2) is 39.2 Å². The van der Waals surface area contributed by atoms with Gasteiger partial charge in [-0.15, -0.1) is 0 Å². The first-order valence-electron chi connectivity index (χ1n) is 6.55. The summed E-state index contributed by atoms with van der Waals surface area (Å²) in [6, 6.07) is 0. The van der Waals surface area contributed by atoms with Crippen LogP contribution in [0.25, 0.3) is 0 Å². The van der Waals surface area contributed by atoms with Crippen LogP contribution < -0.4 is 0 Å². The van der Waals surface area contributed by atoms with Gasteiger partial charge in [0.05, 0.1) is 12.5 Å². The van der Waals surface area contributed by atoms with Crippen LogP contribution in [0.15, 0.2) is 4.52 Å². The topological polar surface area (TPSA) is 79.5 Å². The van der Waals surface area contributed by atoms with E-state index in [-0.39, 0.29) is 17.3 Å². The molecule has 2 heterocycles. The Hall–Kier alpha value is -1.43. The van der Waals surface area contributed by atoms with E-state index in [0.717, 1.165) is 13.1 Å². The Morgan fingerprint density at radius 1 is 1.53 bits per heavy atom. The fraction of sp³-hybridized carbons (Fsp3) is 0.769. The summed E-state index contributed by atoms with van der Waals surface area (Å²) in [6.07, 6.45) is 0. The van der Waals surface area contributed by atoms with Crippen molar-refractivity contribution in [3.63, 3.8) is 0 Å². The summed E-state index contributed by atoms with van der Waals surface area (Å²) in [4.78, 5) is 17.4. The zero-order chi connectivity index (χ0) is 14.2. The lowest BCUT2D eigenvalue weighted by atomic mass is 9.87. The third kappa shape index (κ3) is 3.12. The number of aromatic nitrogens is 2. The fourth-order valence-electron chi connectivity index (χ4n) is 2.07. The van der Waals surface area contributed by atoms with Crippen LogP contribution in [0.4, 0.5) is 0 Å². The van der Waals surface area contributed by atoms with E-state index >= 15 is 0 Å². The highest BCUT2D eigenvalue weighted by atomic mass is 16.5. The number of nitrogens with zero attached hydrogens (tertiary/aromatic N) is 3. The standard InChI is InChI=1S/C13H21N3O3/c1-8(11(17)18)9-5-16(6-9)7-10-14-12(15-19-10)13(2,3)4/h8-9H,5-7H2,1-4H3,(H,17,18). The van der Waals surface area contributed by atoms with Gasteiger partial charge >= 0.3 is 5.97 Å². The molecule has 1 N–H and O–H groups in total. The Balaban J connectivity index is 1.85. The van der Waals surface area contributed by atoms with Gasteiger partial charge in [-0.05, 0) is 5.92 Å².